The van der Waals surface area contributed by atoms with E-state index in [1.807, 2.05) is 0 Å². The van der Waals surface area contributed by atoms with Crippen LogP contribution < -0.4 is 9.80 Å². The molecule has 2 amide bonds. The van der Waals surface area contributed by atoms with Crippen molar-refractivity contribution in [3.63, 3.8) is 0 Å². The maximum absolute atomic E-state index is 12.7. The van der Waals surface area contributed by atoms with Crippen LogP contribution in [0.5, 0.6) is 0 Å². The summed E-state index contributed by atoms with van der Waals surface area (Å²) in [5.41, 5.74) is 2.35. The van der Waals surface area contributed by atoms with Crippen LogP contribution in [0.3, 0.4) is 0 Å². The Morgan fingerprint density at radius 1 is 0.692 bits per heavy atom. The van der Waals surface area contributed by atoms with Crippen molar-refractivity contribution < 1.29 is 9.59 Å². The molecule has 0 aliphatic rings. The van der Waals surface area contributed by atoms with E-state index >= 15 is 0 Å². The molecule has 0 unspecified atom stereocenters. The standard InChI is InChI=1S/C20H18N4O2/c1-23(17-6-10-21-11-7-17)19(25)15-4-3-5-16(14-15)20(26)24(2)18-8-12-22-13-9-18/h3-14H,1-2H3. The fourth-order valence-corrected chi connectivity index (χ4v) is 2.54. The van der Waals surface area contributed by atoms with E-state index in [1.165, 1.54) is 9.80 Å². The molecule has 0 saturated carbocycles. The molecule has 0 aliphatic carbocycles. The van der Waals surface area contributed by atoms with Gasteiger partial charge in [0, 0.05) is 61.4 Å². The average Bonchev–Trinajstić information content (AvgIpc) is 2.73. The molecule has 26 heavy (non-hydrogen) atoms. The third-order valence-corrected chi connectivity index (χ3v) is 4.07. The van der Waals surface area contributed by atoms with Crippen LogP contribution in [0.25, 0.3) is 0 Å². The van der Waals surface area contributed by atoms with Gasteiger partial charge in [0.15, 0.2) is 0 Å². The quantitative estimate of drug-likeness (QED) is 0.728. The molecular weight excluding hydrogens is 328 g/mol. The smallest absolute Gasteiger partial charge is 0.258 e. The van der Waals surface area contributed by atoms with Crippen LogP contribution in [0.15, 0.2) is 73.3 Å². The fraction of sp³-hybridized carbons (Fsp3) is 0.100. The summed E-state index contributed by atoms with van der Waals surface area (Å²) in [4.78, 5) is 36.4. The Morgan fingerprint density at radius 3 is 1.46 bits per heavy atom. The molecule has 0 N–H and O–H groups in total. The summed E-state index contributed by atoms with van der Waals surface area (Å²) in [6.07, 6.45) is 6.51. The van der Waals surface area contributed by atoms with Gasteiger partial charge in [-0.3, -0.25) is 19.6 Å². The van der Waals surface area contributed by atoms with E-state index in [1.54, 1.807) is 87.4 Å². The number of anilines is 2. The molecule has 6 nitrogen and oxygen atoms in total. The average molecular weight is 346 g/mol. The summed E-state index contributed by atoms with van der Waals surface area (Å²) < 4.78 is 0. The van der Waals surface area contributed by atoms with Gasteiger partial charge in [-0.1, -0.05) is 6.07 Å². The monoisotopic (exact) mass is 346 g/mol. The number of benzene rings is 1. The molecule has 1 aromatic carbocycles. The molecule has 0 aliphatic heterocycles. The molecule has 0 saturated heterocycles. The van der Waals surface area contributed by atoms with Gasteiger partial charge in [-0.2, -0.15) is 0 Å². The first-order chi connectivity index (χ1) is 12.6. The van der Waals surface area contributed by atoms with Crippen molar-refractivity contribution >= 4 is 23.2 Å². The highest BCUT2D eigenvalue weighted by molar-refractivity contribution is 6.10. The summed E-state index contributed by atoms with van der Waals surface area (Å²) in [5, 5.41) is 0. The number of hydrogen-bond donors (Lipinski definition) is 0. The molecule has 3 aromatic rings. The number of amides is 2. The lowest BCUT2D eigenvalue weighted by Crippen LogP contribution is -2.28. The highest BCUT2D eigenvalue weighted by Crippen LogP contribution is 2.18. The number of carbonyl (C=O) groups excluding carboxylic acids is 2. The highest BCUT2D eigenvalue weighted by Gasteiger charge is 2.18. The normalized spacial score (nSPS) is 10.2. The van der Waals surface area contributed by atoms with Gasteiger partial charge >= 0.3 is 0 Å². The molecule has 0 radical (unpaired) electrons. The second kappa shape index (κ2) is 7.57. The van der Waals surface area contributed by atoms with Crippen molar-refractivity contribution in [1.82, 2.24) is 9.97 Å². The minimum Gasteiger partial charge on any atom is -0.311 e. The zero-order valence-electron chi connectivity index (χ0n) is 14.5. The Labute approximate surface area is 151 Å². The molecule has 2 heterocycles. The Morgan fingerprint density at radius 2 is 1.08 bits per heavy atom. The Bertz CT molecular complexity index is 841. The zero-order chi connectivity index (χ0) is 18.5. The van der Waals surface area contributed by atoms with E-state index in [2.05, 4.69) is 9.97 Å². The predicted molar refractivity (Wildman–Crippen MR) is 100 cm³/mol. The second-order valence-electron chi connectivity index (χ2n) is 5.72. The Hall–Kier alpha value is -3.54. The fourth-order valence-electron chi connectivity index (χ4n) is 2.54. The maximum Gasteiger partial charge on any atom is 0.258 e. The molecule has 6 heteroatoms. The van der Waals surface area contributed by atoms with E-state index in [-0.39, 0.29) is 11.8 Å². The van der Waals surface area contributed by atoms with Gasteiger partial charge < -0.3 is 9.80 Å². The molecule has 3 rings (SSSR count). The lowest BCUT2D eigenvalue weighted by molar-refractivity contribution is 0.0992. The summed E-state index contributed by atoms with van der Waals surface area (Å²) in [6, 6.07) is 13.7. The lowest BCUT2D eigenvalue weighted by atomic mass is 10.1. The van der Waals surface area contributed by atoms with Crippen LogP contribution in [-0.4, -0.2) is 35.9 Å². The van der Waals surface area contributed by atoms with Crippen molar-refractivity contribution in [3.8, 4) is 0 Å². The van der Waals surface area contributed by atoms with E-state index < -0.39 is 0 Å². The number of hydrogen-bond acceptors (Lipinski definition) is 4. The SMILES string of the molecule is CN(C(=O)c1cccc(C(=O)N(C)c2ccncc2)c1)c1ccncc1. The summed E-state index contributed by atoms with van der Waals surface area (Å²) in [6.45, 7) is 0. The lowest BCUT2D eigenvalue weighted by Gasteiger charge is -2.19. The number of rotatable bonds is 4. The summed E-state index contributed by atoms with van der Waals surface area (Å²) in [7, 11) is 3.38. The topological polar surface area (TPSA) is 66.4 Å². The molecule has 2 aromatic heterocycles. The van der Waals surface area contributed by atoms with E-state index in [9.17, 15) is 9.59 Å². The van der Waals surface area contributed by atoms with Crippen LogP contribution >= 0.6 is 0 Å². The number of aromatic nitrogens is 2. The molecule has 0 atom stereocenters. The van der Waals surface area contributed by atoms with Gasteiger partial charge in [-0.05, 0) is 42.5 Å². The van der Waals surface area contributed by atoms with Crippen LogP contribution in [0.1, 0.15) is 20.7 Å². The molecule has 0 fully saturated rings. The number of pyridine rings is 2. The third-order valence-electron chi connectivity index (χ3n) is 4.07. The molecule has 130 valence electrons. The van der Waals surface area contributed by atoms with Crippen LogP contribution in [-0.2, 0) is 0 Å². The van der Waals surface area contributed by atoms with Gasteiger partial charge in [0.1, 0.15) is 0 Å². The van der Waals surface area contributed by atoms with Crippen LogP contribution in [0.4, 0.5) is 11.4 Å². The Balaban J connectivity index is 1.84. The summed E-state index contributed by atoms with van der Waals surface area (Å²) >= 11 is 0. The van der Waals surface area contributed by atoms with Gasteiger partial charge in [0.25, 0.3) is 11.8 Å². The van der Waals surface area contributed by atoms with Gasteiger partial charge in [0.05, 0.1) is 0 Å². The third kappa shape index (κ3) is 3.59. The van der Waals surface area contributed by atoms with Crippen molar-refractivity contribution in [3.05, 3.63) is 84.4 Å². The maximum atomic E-state index is 12.7. The first kappa shape index (κ1) is 17.3. The minimum absolute atomic E-state index is 0.197. The van der Waals surface area contributed by atoms with Crippen molar-refractivity contribution in [2.45, 2.75) is 0 Å². The highest BCUT2D eigenvalue weighted by atomic mass is 16.2. The van der Waals surface area contributed by atoms with Crippen molar-refractivity contribution in [2.24, 2.45) is 0 Å². The van der Waals surface area contributed by atoms with Gasteiger partial charge in [0.2, 0.25) is 0 Å². The molecule has 0 bridgehead atoms. The zero-order valence-corrected chi connectivity index (χ0v) is 14.5. The van der Waals surface area contributed by atoms with Gasteiger partial charge in [-0.25, -0.2) is 0 Å². The summed E-state index contributed by atoms with van der Waals surface area (Å²) in [5.74, 6) is -0.394. The van der Waals surface area contributed by atoms with E-state index in [0.717, 1.165) is 11.4 Å². The second-order valence-corrected chi connectivity index (χ2v) is 5.72. The van der Waals surface area contributed by atoms with Crippen molar-refractivity contribution in [1.29, 1.82) is 0 Å². The minimum atomic E-state index is -0.197. The van der Waals surface area contributed by atoms with Crippen LogP contribution in [0.2, 0.25) is 0 Å². The molecule has 0 spiro atoms. The first-order valence-corrected chi connectivity index (χ1v) is 8.04. The largest absolute Gasteiger partial charge is 0.311 e. The number of carbonyl (C=O) groups is 2. The van der Waals surface area contributed by atoms with E-state index in [4.69, 9.17) is 0 Å². The van der Waals surface area contributed by atoms with Gasteiger partial charge in [-0.15, -0.1) is 0 Å². The van der Waals surface area contributed by atoms with Crippen LogP contribution in [0, 0.1) is 0 Å². The van der Waals surface area contributed by atoms with Crippen molar-refractivity contribution in [2.75, 3.05) is 23.9 Å². The number of nitrogens with zero attached hydrogens (tertiary/aromatic N) is 4. The predicted octanol–water partition coefficient (Wildman–Crippen LogP) is 3.03. The van der Waals surface area contributed by atoms with E-state index in [0.29, 0.717) is 11.1 Å². The first-order valence-electron chi connectivity index (χ1n) is 8.04. The Kier molecular flexibility index (Phi) is 5.03. The molecular formula is C20H18N4O2.